The Morgan fingerprint density at radius 3 is 2.88 bits per heavy atom. The lowest BCUT2D eigenvalue weighted by Crippen LogP contribution is -1.97. The van der Waals surface area contributed by atoms with Crippen LogP contribution in [0.15, 0.2) is 0 Å². The lowest BCUT2D eigenvalue weighted by Gasteiger charge is -1.90. The van der Waals surface area contributed by atoms with Gasteiger partial charge in [-0.1, -0.05) is 0 Å². The van der Waals surface area contributed by atoms with E-state index in [4.69, 9.17) is 11.9 Å². The van der Waals surface area contributed by atoms with Gasteiger partial charge in [0.1, 0.15) is 11.9 Å². The van der Waals surface area contributed by atoms with Crippen LogP contribution in [0, 0.1) is 0 Å². The quantitative estimate of drug-likeness (QED) is 0.616. The second kappa shape index (κ2) is 5.25. The van der Waals surface area contributed by atoms with E-state index < -0.39 is 0 Å². The summed E-state index contributed by atoms with van der Waals surface area (Å²) in [5.41, 5.74) is 0. The van der Waals surface area contributed by atoms with Gasteiger partial charge in [0.25, 0.3) is 0 Å². The highest BCUT2D eigenvalue weighted by Crippen LogP contribution is 1.97. The zero-order chi connectivity index (χ0) is 6.41. The molecular formula is C4H7ClO2S. The first-order chi connectivity index (χ1) is 3.81. The Kier molecular flexibility index (Phi) is 5.32. The Labute approximate surface area is 57.7 Å². The Bertz CT molecular complexity index is 76.4. The maximum absolute atomic E-state index is 10.2. The Morgan fingerprint density at radius 1 is 1.88 bits per heavy atom. The van der Waals surface area contributed by atoms with Crippen LogP contribution in [0.2, 0.25) is 0 Å². The second-order valence-electron chi connectivity index (χ2n) is 1.19. The van der Waals surface area contributed by atoms with Crippen LogP contribution >= 0.6 is 23.6 Å². The Balaban J connectivity index is 2.99. The molecule has 0 aliphatic carbocycles. The first kappa shape index (κ1) is 8.11. The van der Waals surface area contributed by atoms with Gasteiger partial charge in [0.2, 0.25) is 0 Å². The maximum Gasteiger partial charge on any atom is 0.325 e. The highest BCUT2D eigenvalue weighted by atomic mass is 35.5. The van der Waals surface area contributed by atoms with Crippen molar-refractivity contribution in [2.24, 2.45) is 0 Å². The van der Waals surface area contributed by atoms with Crippen LogP contribution in [0.4, 0.5) is 0 Å². The molecule has 0 aromatic rings. The topological polar surface area (TPSA) is 26.3 Å². The van der Waals surface area contributed by atoms with Gasteiger partial charge >= 0.3 is 5.97 Å². The van der Waals surface area contributed by atoms with E-state index in [1.165, 1.54) is 0 Å². The van der Waals surface area contributed by atoms with Crippen molar-refractivity contribution in [3.05, 3.63) is 0 Å². The highest BCUT2D eigenvalue weighted by molar-refractivity contribution is 7.98. The van der Waals surface area contributed by atoms with Crippen molar-refractivity contribution in [2.75, 3.05) is 12.0 Å². The fourth-order valence-electron chi connectivity index (χ4n) is 0.224. The molecule has 4 heteroatoms. The van der Waals surface area contributed by atoms with Gasteiger partial charge in [0.05, 0.1) is 6.42 Å². The summed E-state index contributed by atoms with van der Waals surface area (Å²) in [6, 6.07) is 0. The van der Waals surface area contributed by atoms with Crippen LogP contribution in [0.1, 0.15) is 6.42 Å². The molecule has 0 aromatic heterocycles. The number of hydrogen-bond acceptors (Lipinski definition) is 3. The molecule has 0 fully saturated rings. The monoisotopic (exact) mass is 154 g/mol. The minimum Gasteiger partial charge on any atom is -0.348 e. The molecule has 0 rings (SSSR count). The molecular weight excluding hydrogens is 148 g/mol. The molecule has 0 radical (unpaired) electrons. The third-order valence-electron chi connectivity index (χ3n) is 0.596. The van der Waals surface area contributed by atoms with E-state index in [9.17, 15) is 4.79 Å². The van der Waals surface area contributed by atoms with Crippen LogP contribution in [0.5, 0.6) is 0 Å². The number of thioether (sulfide) groups is 1. The van der Waals surface area contributed by atoms with Crippen molar-refractivity contribution < 1.29 is 9.08 Å². The molecule has 0 spiro atoms. The first-order valence-corrected chi connectivity index (χ1v) is 3.82. The molecule has 0 bridgehead atoms. The largest absolute Gasteiger partial charge is 0.348 e. The molecule has 0 saturated carbocycles. The van der Waals surface area contributed by atoms with E-state index in [0.717, 1.165) is 5.75 Å². The summed E-state index contributed by atoms with van der Waals surface area (Å²) in [6.45, 7) is 0. The van der Waals surface area contributed by atoms with Gasteiger partial charge in [0, 0.05) is 5.75 Å². The van der Waals surface area contributed by atoms with Crippen LogP contribution in [-0.4, -0.2) is 18.0 Å². The van der Waals surface area contributed by atoms with Crippen molar-refractivity contribution in [3.63, 3.8) is 0 Å². The van der Waals surface area contributed by atoms with E-state index in [-0.39, 0.29) is 5.97 Å². The van der Waals surface area contributed by atoms with E-state index in [1.807, 2.05) is 6.26 Å². The molecule has 0 N–H and O–H groups in total. The minimum absolute atomic E-state index is 0.360. The Hall–Kier alpha value is 0.110. The third kappa shape index (κ3) is 4.27. The van der Waals surface area contributed by atoms with Crippen molar-refractivity contribution in [3.8, 4) is 0 Å². The van der Waals surface area contributed by atoms with Crippen LogP contribution in [0.3, 0.4) is 0 Å². The average molecular weight is 155 g/mol. The van der Waals surface area contributed by atoms with Crippen molar-refractivity contribution in [2.45, 2.75) is 6.42 Å². The molecule has 0 heterocycles. The highest BCUT2D eigenvalue weighted by Gasteiger charge is 1.97. The number of hydrogen-bond donors (Lipinski definition) is 0. The normalized spacial score (nSPS) is 8.75. The summed E-state index contributed by atoms with van der Waals surface area (Å²) in [4.78, 5) is 10.2. The third-order valence-corrected chi connectivity index (χ3v) is 1.38. The maximum atomic E-state index is 10.2. The first-order valence-electron chi connectivity index (χ1n) is 2.11. The summed E-state index contributed by atoms with van der Waals surface area (Å²) in [5.74, 6) is 0.409. The smallest absolute Gasteiger partial charge is 0.325 e. The molecule has 0 aromatic carbocycles. The number of carbonyl (C=O) groups is 1. The Morgan fingerprint density at radius 2 is 2.50 bits per heavy atom. The van der Waals surface area contributed by atoms with Gasteiger partial charge in [-0.05, 0) is 6.26 Å². The molecule has 0 atom stereocenters. The molecule has 0 amide bonds. The minimum atomic E-state index is -0.360. The van der Waals surface area contributed by atoms with E-state index in [0.29, 0.717) is 6.42 Å². The summed E-state index contributed by atoms with van der Waals surface area (Å²) in [7, 11) is 0. The molecule has 0 aliphatic heterocycles. The average Bonchev–Trinajstić information content (AvgIpc) is 1.83. The lowest BCUT2D eigenvalue weighted by atomic mass is 10.5. The van der Waals surface area contributed by atoms with Crippen LogP contribution in [-0.2, 0) is 9.08 Å². The molecule has 2 nitrogen and oxygen atoms in total. The standard InChI is InChI=1S/C4H7ClO2S/c1-8-3-2-4(6)7-5/h2-3H2,1H3. The van der Waals surface area contributed by atoms with Gasteiger partial charge in [-0.3, -0.25) is 4.79 Å². The second-order valence-corrected chi connectivity index (χ2v) is 2.33. The molecule has 0 aliphatic rings. The number of rotatable bonds is 3. The zero-order valence-electron chi connectivity index (χ0n) is 4.52. The molecule has 0 unspecified atom stereocenters. The SMILES string of the molecule is CSCCC(=O)OCl. The predicted molar refractivity (Wildman–Crippen MR) is 34.9 cm³/mol. The summed E-state index contributed by atoms with van der Waals surface area (Å²) in [6.07, 6.45) is 2.31. The molecule has 48 valence electrons. The van der Waals surface area contributed by atoms with Crippen molar-refractivity contribution in [1.82, 2.24) is 0 Å². The molecule has 8 heavy (non-hydrogen) atoms. The predicted octanol–water partition coefficient (Wildman–Crippen LogP) is 1.44. The number of halogens is 1. The van der Waals surface area contributed by atoms with Gasteiger partial charge in [0.15, 0.2) is 0 Å². The van der Waals surface area contributed by atoms with Gasteiger partial charge < -0.3 is 4.29 Å². The number of carbonyl (C=O) groups excluding carboxylic acids is 1. The van der Waals surface area contributed by atoms with E-state index in [2.05, 4.69) is 4.29 Å². The fourth-order valence-corrected chi connectivity index (χ4v) is 0.672. The van der Waals surface area contributed by atoms with Crippen molar-refractivity contribution in [1.29, 1.82) is 0 Å². The van der Waals surface area contributed by atoms with Gasteiger partial charge in [-0.25, -0.2) is 0 Å². The lowest BCUT2D eigenvalue weighted by molar-refractivity contribution is -0.133. The van der Waals surface area contributed by atoms with Gasteiger partial charge in [-0.2, -0.15) is 11.8 Å². The van der Waals surface area contributed by atoms with Crippen LogP contribution < -0.4 is 0 Å². The van der Waals surface area contributed by atoms with Crippen LogP contribution in [0.25, 0.3) is 0 Å². The molecule has 0 saturated heterocycles. The summed E-state index contributed by atoms with van der Waals surface area (Å²) >= 11 is 6.31. The summed E-state index contributed by atoms with van der Waals surface area (Å²) < 4.78 is 3.87. The van der Waals surface area contributed by atoms with Crippen molar-refractivity contribution >= 4 is 29.6 Å². The van der Waals surface area contributed by atoms with E-state index >= 15 is 0 Å². The summed E-state index contributed by atoms with van der Waals surface area (Å²) in [5, 5.41) is 0. The fraction of sp³-hybridized carbons (Fsp3) is 0.750. The van der Waals surface area contributed by atoms with Gasteiger partial charge in [-0.15, -0.1) is 0 Å². The zero-order valence-corrected chi connectivity index (χ0v) is 6.09. The van der Waals surface area contributed by atoms with E-state index in [1.54, 1.807) is 11.8 Å².